The molecule has 1 heterocycles. The highest BCUT2D eigenvalue weighted by molar-refractivity contribution is 9.11. The van der Waals surface area contributed by atoms with E-state index in [9.17, 15) is 4.79 Å². The number of halogens is 2. The molecule has 0 aromatic heterocycles. The Bertz CT molecular complexity index is 461. The molecular formula is C14H17Br2NO. The molecule has 1 aromatic rings. The predicted molar refractivity (Wildman–Crippen MR) is 80.8 cm³/mol. The first-order chi connectivity index (χ1) is 8.39. The first-order valence-corrected chi connectivity index (χ1v) is 7.72. The second kappa shape index (κ2) is 5.33. The molecule has 0 saturated carbocycles. The van der Waals surface area contributed by atoms with E-state index in [1.54, 1.807) is 0 Å². The summed E-state index contributed by atoms with van der Waals surface area (Å²) in [6, 6.07) is 5.72. The van der Waals surface area contributed by atoms with Crippen LogP contribution in [-0.4, -0.2) is 23.9 Å². The van der Waals surface area contributed by atoms with Gasteiger partial charge in [-0.25, -0.2) is 0 Å². The van der Waals surface area contributed by atoms with Crippen molar-refractivity contribution in [2.75, 3.05) is 13.1 Å². The summed E-state index contributed by atoms with van der Waals surface area (Å²) >= 11 is 6.87. The van der Waals surface area contributed by atoms with Crippen LogP contribution < -0.4 is 0 Å². The molecule has 1 aromatic carbocycles. The molecule has 1 saturated heterocycles. The van der Waals surface area contributed by atoms with E-state index in [4.69, 9.17) is 0 Å². The summed E-state index contributed by atoms with van der Waals surface area (Å²) in [5.41, 5.74) is 1.11. The van der Waals surface area contributed by atoms with Gasteiger partial charge in [-0.05, 0) is 52.4 Å². The summed E-state index contributed by atoms with van der Waals surface area (Å²) in [5, 5.41) is 0. The van der Waals surface area contributed by atoms with Gasteiger partial charge in [-0.2, -0.15) is 0 Å². The molecule has 0 N–H and O–H groups in total. The molecule has 1 aliphatic heterocycles. The van der Waals surface area contributed by atoms with E-state index in [1.165, 1.54) is 0 Å². The van der Waals surface area contributed by atoms with Gasteiger partial charge >= 0.3 is 0 Å². The highest BCUT2D eigenvalue weighted by Crippen LogP contribution is 2.31. The normalized spacial score (nSPS) is 18.8. The zero-order valence-corrected chi connectivity index (χ0v) is 13.8. The summed E-state index contributed by atoms with van der Waals surface area (Å²) in [4.78, 5) is 14.4. The Morgan fingerprint density at radius 2 is 1.83 bits per heavy atom. The second-order valence-corrected chi connectivity index (χ2v) is 7.35. The minimum Gasteiger partial charge on any atom is -0.339 e. The lowest BCUT2D eigenvalue weighted by Gasteiger charge is -2.37. The van der Waals surface area contributed by atoms with E-state index in [1.807, 2.05) is 23.1 Å². The zero-order valence-electron chi connectivity index (χ0n) is 10.7. The average molecular weight is 375 g/mol. The average Bonchev–Trinajstić information content (AvgIpc) is 2.31. The standard InChI is InChI=1S/C14H17Br2NO/c1-14(2)5-7-17(8-6-14)13(18)11-9-10(15)3-4-12(11)16/h3-4,9H,5-8H2,1-2H3. The Kier molecular flexibility index (Phi) is 4.17. The smallest absolute Gasteiger partial charge is 0.255 e. The van der Waals surface area contributed by atoms with Crippen molar-refractivity contribution in [3.63, 3.8) is 0 Å². The lowest BCUT2D eigenvalue weighted by Crippen LogP contribution is -2.41. The highest BCUT2D eigenvalue weighted by atomic mass is 79.9. The molecule has 2 nitrogen and oxygen atoms in total. The van der Waals surface area contributed by atoms with E-state index in [0.717, 1.165) is 40.4 Å². The van der Waals surface area contributed by atoms with E-state index in [-0.39, 0.29) is 5.91 Å². The maximum atomic E-state index is 12.5. The molecule has 0 bridgehead atoms. The third-order valence-electron chi connectivity index (χ3n) is 3.56. The Morgan fingerprint density at radius 3 is 2.44 bits per heavy atom. The van der Waals surface area contributed by atoms with Crippen LogP contribution in [0, 0.1) is 5.41 Å². The molecule has 18 heavy (non-hydrogen) atoms. The van der Waals surface area contributed by atoms with Crippen molar-refractivity contribution in [3.05, 3.63) is 32.7 Å². The minimum atomic E-state index is 0.124. The van der Waals surface area contributed by atoms with Gasteiger partial charge in [0.2, 0.25) is 0 Å². The maximum Gasteiger partial charge on any atom is 0.255 e. The Labute approximate surface area is 125 Å². The summed E-state index contributed by atoms with van der Waals surface area (Å²) in [7, 11) is 0. The number of benzene rings is 1. The number of piperidine rings is 1. The van der Waals surface area contributed by atoms with Crippen molar-refractivity contribution in [2.45, 2.75) is 26.7 Å². The number of amides is 1. The van der Waals surface area contributed by atoms with E-state index in [2.05, 4.69) is 45.7 Å². The fraction of sp³-hybridized carbons (Fsp3) is 0.500. The largest absolute Gasteiger partial charge is 0.339 e. The first-order valence-electron chi connectivity index (χ1n) is 6.13. The molecule has 0 spiro atoms. The van der Waals surface area contributed by atoms with Gasteiger partial charge in [0.05, 0.1) is 5.56 Å². The SMILES string of the molecule is CC1(C)CCN(C(=O)c2cc(Br)ccc2Br)CC1. The lowest BCUT2D eigenvalue weighted by molar-refractivity contribution is 0.0629. The quantitative estimate of drug-likeness (QED) is 0.709. The molecule has 0 radical (unpaired) electrons. The topological polar surface area (TPSA) is 20.3 Å². The van der Waals surface area contributed by atoms with Crippen LogP contribution in [0.5, 0.6) is 0 Å². The predicted octanol–water partition coefficient (Wildman–Crippen LogP) is 4.47. The van der Waals surface area contributed by atoms with Gasteiger partial charge in [0.1, 0.15) is 0 Å². The monoisotopic (exact) mass is 373 g/mol. The van der Waals surface area contributed by atoms with Gasteiger partial charge in [0.25, 0.3) is 5.91 Å². The highest BCUT2D eigenvalue weighted by Gasteiger charge is 2.28. The van der Waals surface area contributed by atoms with Crippen molar-refractivity contribution < 1.29 is 4.79 Å². The van der Waals surface area contributed by atoms with Crippen LogP contribution in [0.4, 0.5) is 0 Å². The number of carbonyl (C=O) groups is 1. The van der Waals surface area contributed by atoms with Crippen LogP contribution in [0.1, 0.15) is 37.0 Å². The van der Waals surface area contributed by atoms with E-state index in [0.29, 0.717) is 5.41 Å². The molecule has 2 rings (SSSR count). The van der Waals surface area contributed by atoms with Crippen LogP contribution in [0.2, 0.25) is 0 Å². The van der Waals surface area contributed by atoms with Crippen molar-refractivity contribution in [3.8, 4) is 0 Å². The molecule has 1 amide bonds. The molecule has 4 heteroatoms. The molecule has 1 aliphatic rings. The van der Waals surface area contributed by atoms with Crippen LogP contribution in [0.3, 0.4) is 0 Å². The second-order valence-electron chi connectivity index (χ2n) is 5.58. The molecule has 1 fully saturated rings. The van der Waals surface area contributed by atoms with Gasteiger partial charge < -0.3 is 4.90 Å². The molecule has 0 aliphatic carbocycles. The van der Waals surface area contributed by atoms with Crippen molar-refractivity contribution in [2.24, 2.45) is 5.41 Å². The van der Waals surface area contributed by atoms with Gasteiger partial charge in [-0.1, -0.05) is 29.8 Å². The number of likely N-dealkylation sites (tertiary alicyclic amines) is 1. The Morgan fingerprint density at radius 1 is 1.22 bits per heavy atom. The summed E-state index contributed by atoms with van der Waals surface area (Å²) < 4.78 is 1.80. The number of hydrogen-bond acceptors (Lipinski definition) is 1. The maximum absolute atomic E-state index is 12.5. The van der Waals surface area contributed by atoms with Gasteiger partial charge in [-0.15, -0.1) is 0 Å². The van der Waals surface area contributed by atoms with Crippen LogP contribution in [0.15, 0.2) is 27.1 Å². The number of hydrogen-bond donors (Lipinski definition) is 0. The summed E-state index contributed by atoms with van der Waals surface area (Å²) in [5.74, 6) is 0.124. The van der Waals surface area contributed by atoms with E-state index >= 15 is 0 Å². The first kappa shape index (κ1) is 14.1. The fourth-order valence-corrected chi connectivity index (χ4v) is 2.92. The number of nitrogens with zero attached hydrogens (tertiary/aromatic N) is 1. The van der Waals surface area contributed by atoms with E-state index < -0.39 is 0 Å². The van der Waals surface area contributed by atoms with Crippen LogP contribution in [0.25, 0.3) is 0 Å². The minimum absolute atomic E-state index is 0.124. The third-order valence-corrected chi connectivity index (χ3v) is 4.75. The molecule has 98 valence electrons. The Balaban J connectivity index is 2.15. The van der Waals surface area contributed by atoms with Gasteiger partial charge in [-0.3, -0.25) is 4.79 Å². The van der Waals surface area contributed by atoms with Gasteiger partial charge in [0.15, 0.2) is 0 Å². The fourth-order valence-electron chi connectivity index (χ4n) is 2.15. The number of carbonyl (C=O) groups excluding carboxylic acids is 1. The molecule has 0 unspecified atom stereocenters. The van der Waals surface area contributed by atoms with Crippen LogP contribution >= 0.6 is 31.9 Å². The zero-order chi connectivity index (χ0) is 13.3. The molecular weight excluding hydrogens is 358 g/mol. The lowest BCUT2D eigenvalue weighted by atomic mass is 9.82. The Hall–Kier alpha value is -0.350. The van der Waals surface area contributed by atoms with Gasteiger partial charge in [0, 0.05) is 22.0 Å². The summed E-state index contributed by atoms with van der Waals surface area (Å²) in [6.45, 7) is 6.24. The molecule has 0 atom stereocenters. The third kappa shape index (κ3) is 3.15. The van der Waals surface area contributed by atoms with Crippen molar-refractivity contribution in [1.82, 2.24) is 4.90 Å². The van der Waals surface area contributed by atoms with Crippen LogP contribution in [-0.2, 0) is 0 Å². The number of rotatable bonds is 1. The van der Waals surface area contributed by atoms with Crippen molar-refractivity contribution >= 4 is 37.8 Å². The summed E-state index contributed by atoms with van der Waals surface area (Å²) in [6.07, 6.45) is 2.15. The van der Waals surface area contributed by atoms with Crippen molar-refractivity contribution in [1.29, 1.82) is 0 Å².